The van der Waals surface area contributed by atoms with Crippen molar-refractivity contribution in [1.82, 2.24) is 19.7 Å². The highest BCUT2D eigenvalue weighted by atomic mass is 19.1. The zero-order chi connectivity index (χ0) is 15.5. The third-order valence-electron chi connectivity index (χ3n) is 3.76. The van der Waals surface area contributed by atoms with Crippen LogP contribution in [0, 0.1) is 5.82 Å². The molecule has 1 aromatic carbocycles. The highest BCUT2D eigenvalue weighted by Crippen LogP contribution is 2.22. The number of halogens is 1. The van der Waals surface area contributed by atoms with E-state index in [0.717, 1.165) is 12.8 Å². The lowest BCUT2D eigenvalue weighted by molar-refractivity contribution is 0.166. The molecule has 1 aromatic heterocycles. The Morgan fingerprint density at radius 3 is 2.91 bits per heavy atom. The zero-order valence-corrected chi connectivity index (χ0v) is 11.8. The molecule has 2 heterocycles. The van der Waals surface area contributed by atoms with Crippen LogP contribution in [-0.2, 0) is 0 Å². The Bertz CT molecular complexity index is 661. The van der Waals surface area contributed by atoms with E-state index in [1.54, 1.807) is 10.6 Å². The third-order valence-corrected chi connectivity index (χ3v) is 3.76. The van der Waals surface area contributed by atoms with Gasteiger partial charge in [0.25, 0.3) is 0 Å². The topological polar surface area (TPSA) is 83.3 Å². The Balaban J connectivity index is 1.80. The van der Waals surface area contributed by atoms with Gasteiger partial charge in [0.1, 0.15) is 18.5 Å². The van der Waals surface area contributed by atoms with Crippen molar-refractivity contribution in [2.24, 2.45) is 0 Å². The summed E-state index contributed by atoms with van der Waals surface area (Å²) in [6.07, 6.45) is 4.57. The molecule has 0 bridgehead atoms. The first-order valence-corrected chi connectivity index (χ1v) is 7.02. The Morgan fingerprint density at radius 2 is 2.18 bits per heavy atom. The normalized spacial score (nSPS) is 17.7. The average Bonchev–Trinajstić information content (AvgIpc) is 3.20. The van der Waals surface area contributed by atoms with E-state index in [1.807, 2.05) is 0 Å². The van der Waals surface area contributed by atoms with Gasteiger partial charge in [-0.25, -0.2) is 9.18 Å². The van der Waals surface area contributed by atoms with Gasteiger partial charge in [0.15, 0.2) is 0 Å². The van der Waals surface area contributed by atoms with Crippen LogP contribution in [0.15, 0.2) is 30.9 Å². The molecule has 1 atom stereocenters. The van der Waals surface area contributed by atoms with Gasteiger partial charge >= 0.3 is 6.03 Å². The van der Waals surface area contributed by atoms with Crippen LogP contribution in [0.2, 0.25) is 0 Å². The molecule has 1 saturated heterocycles. The molecule has 2 amide bonds. The summed E-state index contributed by atoms with van der Waals surface area (Å²) in [7, 11) is 0. The number of aromatic nitrogens is 3. The smallest absolute Gasteiger partial charge is 0.322 e. The molecule has 8 heteroatoms. The van der Waals surface area contributed by atoms with Crippen molar-refractivity contribution in [3.8, 4) is 5.69 Å². The standard InChI is InChI=1S/C14H16FN5O2/c15-12-4-3-10(19-8-16-17-9-19)6-13(12)18-14(22)20-5-1-2-11(20)7-21/h3-4,6,8-9,11,21H,1-2,5,7H2,(H,18,22). The molecule has 1 aliphatic heterocycles. The average molecular weight is 305 g/mol. The second kappa shape index (κ2) is 6.10. The molecule has 1 aliphatic rings. The maximum atomic E-state index is 13.9. The van der Waals surface area contributed by atoms with Gasteiger partial charge < -0.3 is 15.3 Å². The molecular formula is C14H16FN5O2. The lowest BCUT2D eigenvalue weighted by Gasteiger charge is -2.23. The fourth-order valence-electron chi connectivity index (χ4n) is 2.58. The highest BCUT2D eigenvalue weighted by Gasteiger charge is 2.28. The molecular weight excluding hydrogens is 289 g/mol. The van der Waals surface area contributed by atoms with Gasteiger partial charge in [-0.3, -0.25) is 4.57 Å². The van der Waals surface area contributed by atoms with Crippen molar-refractivity contribution in [2.75, 3.05) is 18.5 Å². The van der Waals surface area contributed by atoms with Crippen molar-refractivity contribution >= 4 is 11.7 Å². The molecule has 0 aliphatic carbocycles. The molecule has 7 nitrogen and oxygen atoms in total. The van der Waals surface area contributed by atoms with E-state index in [-0.39, 0.29) is 18.3 Å². The summed E-state index contributed by atoms with van der Waals surface area (Å²) in [6, 6.07) is 3.75. The summed E-state index contributed by atoms with van der Waals surface area (Å²) in [5.74, 6) is -0.523. The second-order valence-electron chi connectivity index (χ2n) is 5.14. The van der Waals surface area contributed by atoms with Crippen LogP contribution in [0.1, 0.15) is 12.8 Å². The summed E-state index contributed by atoms with van der Waals surface area (Å²) in [6.45, 7) is 0.473. The number of hydrogen-bond acceptors (Lipinski definition) is 4. The molecule has 0 saturated carbocycles. The van der Waals surface area contributed by atoms with Crippen LogP contribution < -0.4 is 5.32 Å². The van der Waals surface area contributed by atoms with Crippen molar-refractivity contribution in [2.45, 2.75) is 18.9 Å². The molecule has 0 radical (unpaired) electrons. The first-order valence-electron chi connectivity index (χ1n) is 7.02. The van der Waals surface area contributed by atoms with Crippen LogP contribution in [0.3, 0.4) is 0 Å². The number of amides is 2. The van der Waals surface area contributed by atoms with E-state index in [9.17, 15) is 14.3 Å². The summed E-state index contributed by atoms with van der Waals surface area (Å²) in [5, 5.41) is 19.2. The minimum atomic E-state index is -0.523. The van der Waals surface area contributed by atoms with Crippen molar-refractivity contribution in [1.29, 1.82) is 0 Å². The third kappa shape index (κ3) is 2.77. The molecule has 2 N–H and O–H groups in total. The van der Waals surface area contributed by atoms with E-state index >= 15 is 0 Å². The number of nitrogens with one attached hydrogen (secondary N) is 1. The molecule has 1 unspecified atom stereocenters. The summed E-state index contributed by atoms with van der Waals surface area (Å²) in [5.41, 5.74) is 0.724. The van der Waals surface area contributed by atoms with Crippen LogP contribution in [0.25, 0.3) is 5.69 Å². The number of aliphatic hydroxyl groups is 1. The minimum Gasteiger partial charge on any atom is -0.394 e. The number of carbonyl (C=O) groups excluding carboxylic acids is 1. The zero-order valence-electron chi connectivity index (χ0n) is 11.8. The summed E-state index contributed by atoms with van der Waals surface area (Å²) >= 11 is 0. The molecule has 0 spiro atoms. The largest absolute Gasteiger partial charge is 0.394 e. The molecule has 22 heavy (non-hydrogen) atoms. The van der Waals surface area contributed by atoms with Crippen molar-refractivity contribution in [3.05, 3.63) is 36.7 Å². The van der Waals surface area contributed by atoms with Gasteiger partial charge in [0.05, 0.1) is 24.0 Å². The van der Waals surface area contributed by atoms with Gasteiger partial charge in [-0.05, 0) is 31.0 Å². The number of urea groups is 1. The number of anilines is 1. The van der Waals surface area contributed by atoms with Crippen LogP contribution in [-0.4, -0.2) is 50.0 Å². The van der Waals surface area contributed by atoms with Crippen LogP contribution in [0.5, 0.6) is 0 Å². The highest BCUT2D eigenvalue weighted by molar-refractivity contribution is 5.90. The van der Waals surface area contributed by atoms with Crippen LogP contribution >= 0.6 is 0 Å². The second-order valence-corrected chi connectivity index (χ2v) is 5.14. The van der Waals surface area contributed by atoms with Gasteiger partial charge in [-0.15, -0.1) is 10.2 Å². The maximum absolute atomic E-state index is 13.9. The Morgan fingerprint density at radius 1 is 1.41 bits per heavy atom. The van der Waals surface area contributed by atoms with E-state index in [2.05, 4.69) is 15.5 Å². The molecule has 2 aromatic rings. The fraction of sp³-hybridized carbons (Fsp3) is 0.357. The van der Waals surface area contributed by atoms with Gasteiger partial charge in [-0.2, -0.15) is 0 Å². The SMILES string of the molecule is O=C(Nc1cc(-n2cnnc2)ccc1F)N1CCCC1CO. The molecule has 116 valence electrons. The Hall–Kier alpha value is -2.48. The predicted octanol–water partition coefficient (Wildman–Crippen LogP) is 1.39. The van der Waals surface area contributed by atoms with Crippen LogP contribution in [0.4, 0.5) is 14.9 Å². The quantitative estimate of drug-likeness (QED) is 0.898. The predicted molar refractivity (Wildman–Crippen MR) is 77.1 cm³/mol. The maximum Gasteiger partial charge on any atom is 0.322 e. The first kappa shape index (κ1) is 14.5. The number of aliphatic hydroxyl groups excluding tert-OH is 1. The number of carbonyl (C=O) groups is 1. The number of benzene rings is 1. The Kier molecular flexibility index (Phi) is 4.01. The minimum absolute atomic E-state index is 0.0831. The van der Waals surface area contributed by atoms with Gasteiger partial charge in [0, 0.05) is 6.54 Å². The summed E-state index contributed by atoms with van der Waals surface area (Å²) < 4.78 is 15.5. The number of hydrogen-bond donors (Lipinski definition) is 2. The van der Waals surface area contributed by atoms with Crippen molar-refractivity contribution in [3.63, 3.8) is 0 Å². The molecule has 1 fully saturated rings. The lowest BCUT2D eigenvalue weighted by Crippen LogP contribution is -2.40. The molecule has 3 rings (SSSR count). The number of rotatable bonds is 3. The lowest BCUT2D eigenvalue weighted by atomic mass is 10.2. The fourth-order valence-corrected chi connectivity index (χ4v) is 2.58. The van der Waals surface area contributed by atoms with E-state index in [0.29, 0.717) is 12.2 Å². The van der Waals surface area contributed by atoms with E-state index < -0.39 is 11.8 Å². The van der Waals surface area contributed by atoms with Gasteiger partial charge in [0.2, 0.25) is 0 Å². The first-order chi connectivity index (χ1) is 10.7. The monoisotopic (exact) mass is 305 g/mol. The van der Waals surface area contributed by atoms with Gasteiger partial charge in [-0.1, -0.05) is 0 Å². The number of nitrogens with zero attached hydrogens (tertiary/aromatic N) is 4. The summed E-state index contributed by atoms with van der Waals surface area (Å²) in [4.78, 5) is 13.8. The number of likely N-dealkylation sites (tertiary alicyclic amines) is 1. The van der Waals surface area contributed by atoms with Crippen molar-refractivity contribution < 1.29 is 14.3 Å². The van der Waals surface area contributed by atoms with E-state index in [4.69, 9.17) is 0 Å². The Labute approximate surface area is 126 Å². The van der Waals surface area contributed by atoms with E-state index in [1.165, 1.54) is 29.7 Å².